The zero-order valence-electron chi connectivity index (χ0n) is 16.9. The molecule has 0 aliphatic carbocycles. The Morgan fingerprint density at radius 1 is 1.12 bits per heavy atom. The van der Waals surface area contributed by atoms with Gasteiger partial charge >= 0.3 is 7.12 Å². The van der Waals surface area contributed by atoms with Crippen LogP contribution in [0.25, 0.3) is 10.8 Å². The summed E-state index contributed by atoms with van der Waals surface area (Å²) in [5, 5.41) is 0.218. The van der Waals surface area contributed by atoms with E-state index in [0.717, 1.165) is 6.07 Å². The standard InChI is InChI=1S/C17H20BF2NO3/c1-16(2)17(3,4)24-18(23-16)11-8-10(21)6-9-7-12(19)14(20)15(22-5)13(9)11/h6-8H,21H2,1-5H3/i5D3. The van der Waals surface area contributed by atoms with Gasteiger partial charge < -0.3 is 19.8 Å². The van der Waals surface area contributed by atoms with E-state index in [-0.39, 0.29) is 21.9 Å². The highest BCUT2D eigenvalue weighted by Gasteiger charge is 2.52. The van der Waals surface area contributed by atoms with Crippen LogP contribution < -0.4 is 15.9 Å². The predicted octanol–water partition coefficient (Wildman–Crippen LogP) is 3.01. The Bertz CT molecular complexity index is 903. The Morgan fingerprint density at radius 3 is 2.33 bits per heavy atom. The summed E-state index contributed by atoms with van der Waals surface area (Å²) in [6.07, 6.45) is 0. The summed E-state index contributed by atoms with van der Waals surface area (Å²) in [5.74, 6) is -3.37. The third-order valence-electron chi connectivity index (χ3n) is 4.75. The second kappa shape index (κ2) is 5.32. The highest BCUT2D eigenvalue weighted by Crippen LogP contribution is 2.38. The van der Waals surface area contributed by atoms with Crippen molar-refractivity contribution >= 4 is 29.0 Å². The molecule has 0 spiro atoms. The van der Waals surface area contributed by atoms with Crippen LogP contribution in [0.1, 0.15) is 31.8 Å². The van der Waals surface area contributed by atoms with Gasteiger partial charge in [0.15, 0.2) is 11.6 Å². The van der Waals surface area contributed by atoms with Crippen molar-refractivity contribution in [1.82, 2.24) is 0 Å². The summed E-state index contributed by atoms with van der Waals surface area (Å²) in [7, 11) is -3.94. The van der Waals surface area contributed by atoms with Gasteiger partial charge in [-0.2, -0.15) is 4.39 Å². The Labute approximate surface area is 144 Å². The third kappa shape index (κ3) is 2.43. The Balaban J connectivity index is 2.29. The molecule has 1 saturated heterocycles. The molecule has 0 saturated carbocycles. The molecule has 1 aliphatic heterocycles. The first-order valence-electron chi connectivity index (χ1n) is 8.98. The fourth-order valence-electron chi connectivity index (χ4n) is 2.76. The molecule has 7 heteroatoms. The van der Waals surface area contributed by atoms with Crippen molar-refractivity contribution in [2.45, 2.75) is 38.9 Å². The molecule has 24 heavy (non-hydrogen) atoms. The number of halogens is 2. The van der Waals surface area contributed by atoms with Crippen LogP contribution in [0.2, 0.25) is 0 Å². The summed E-state index contributed by atoms with van der Waals surface area (Å²) in [6, 6.07) is 3.81. The highest BCUT2D eigenvalue weighted by molar-refractivity contribution is 6.65. The minimum Gasteiger partial charge on any atom is -0.493 e. The van der Waals surface area contributed by atoms with Gasteiger partial charge in [-0.05, 0) is 56.7 Å². The molecule has 2 aromatic carbocycles. The number of ether oxygens (including phenoxy) is 1. The minimum atomic E-state index is -2.98. The number of hydrogen-bond acceptors (Lipinski definition) is 4. The zero-order chi connectivity index (χ0) is 20.4. The predicted molar refractivity (Wildman–Crippen MR) is 90.5 cm³/mol. The molecular formula is C17H20BF2NO3. The molecular weight excluding hydrogens is 315 g/mol. The van der Waals surface area contributed by atoms with Crippen molar-refractivity contribution in [1.29, 1.82) is 0 Å². The van der Waals surface area contributed by atoms with Gasteiger partial charge in [-0.1, -0.05) is 0 Å². The van der Waals surface area contributed by atoms with Crippen molar-refractivity contribution in [3.05, 3.63) is 29.8 Å². The Morgan fingerprint density at radius 2 is 1.75 bits per heavy atom. The zero-order valence-corrected chi connectivity index (χ0v) is 13.9. The van der Waals surface area contributed by atoms with E-state index in [2.05, 4.69) is 0 Å². The molecule has 1 fully saturated rings. The quantitative estimate of drug-likeness (QED) is 0.676. The fourth-order valence-corrected chi connectivity index (χ4v) is 2.76. The van der Waals surface area contributed by atoms with E-state index < -0.39 is 42.7 Å². The monoisotopic (exact) mass is 338 g/mol. The maximum Gasteiger partial charge on any atom is 0.495 e. The van der Waals surface area contributed by atoms with E-state index in [1.54, 1.807) is 0 Å². The molecule has 1 heterocycles. The highest BCUT2D eigenvalue weighted by atomic mass is 19.2. The van der Waals surface area contributed by atoms with Gasteiger partial charge in [0.05, 0.1) is 22.4 Å². The first-order chi connectivity index (χ1) is 12.2. The molecule has 4 nitrogen and oxygen atoms in total. The first kappa shape index (κ1) is 13.4. The summed E-state index contributed by atoms with van der Waals surface area (Å²) in [5.41, 5.74) is 5.05. The van der Waals surface area contributed by atoms with Crippen LogP contribution in [0.15, 0.2) is 18.2 Å². The molecule has 0 amide bonds. The second-order valence-electron chi connectivity index (χ2n) is 6.90. The fraction of sp³-hybridized carbons (Fsp3) is 0.412. The number of rotatable bonds is 2. The van der Waals surface area contributed by atoms with Crippen molar-refractivity contribution in [2.75, 3.05) is 12.8 Å². The maximum atomic E-state index is 14.5. The number of anilines is 1. The van der Waals surface area contributed by atoms with Crippen LogP contribution in [-0.4, -0.2) is 25.4 Å². The van der Waals surface area contributed by atoms with E-state index in [1.807, 2.05) is 27.7 Å². The van der Waals surface area contributed by atoms with E-state index in [1.165, 1.54) is 12.1 Å². The topological polar surface area (TPSA) is 53.7 Å². The van der Waals surface area contributed by atoms with E-state index in [4.69, 9.17) is 23.9 Å². The van der Waals surface area contributed by atoms with Gasteiger partial charge in [0.1, 0.15) is 0 Å². The lowest BCUT2D eigenvalue weighted by atomic mass is 9.75. The molecule has 0 radical (unpaired) electrons. The molecule has 1 aliphatic rings. The normalized spacial score (nSPS) is 21.4. The minimum absolute atomic E-state index is 0.0396. The third-order valence-corrected chi connectivity index (χ3v) is 4.75. The van der Waals surface area contributed by atoms with Gasteiger partial charge in [-0.25, -0.2) is 4.39 Å². The largest absolute Gasteiger partial charge is 0.495 e. The molecule has 3 rings (SSSR count). The van der Waals surface area contributed by atoms with Crippen LogP contribution in [-0.2, 0) is 9.31 Å². The lowest BCUT2D eigenvalue weighted by molar-refractivity contribution is 0.00578. The van der Waals surface area contributed by atoms with Gasteiger partial charge in [0.25, 0.3) is 0 Å². The Kier molecular flexibility index (Phi) is 2.98. The molecule has 0 bridgehead atoms. The molecule has 0 aromatic heterocycles. The second-order valence-corrected chi connectivity index (χ2v) is 6.90. The SMILES string of the molecule is [2H]C([2H])([2H])Oc1c(F)c(F)cc2cc(N)cc(B3OC(C)(C)C(C)(C)O3)c12. The molecule has 128 valence electrons. The number of benzene rings is 2. The lowest BCUT2D eigenvalue weighted by Crippen LogP contribution is -2.41. The van der Waals surface area contributed by atoms with Crippen LogP contribution in [0, 0.1) is 11.6 Å². The first-order valence-corrected chi connectivity index (χ1v) is 7.48. The summed E-state index contributed by atoms with van der Waals surface area (Å²) in [4.78, 5) is 0. The van der Waals surface area contributed by atoms with Crippen LogP contribution in [0.4, 0.5) is 14.5 Å². The van der Waals surface area contributed by atoms with Crippen LogP contribution in [0.3, 0.4) is 0 Å². The van der Waals surface area contributed by atoms with E-state index in [0.29, 0.717) is 0 Å². The lowest BCUT2D eigenvalue weighted by Gasteiger charge is -2.32. The van der Waals surface area contributed by atoms with E-state index >= 15 is 0 Å². The number of nitrogen functional groups attached to an aromatic ring is 1. The van der Waals surface area contributed by atoms with Crippen molar-refractivity contribution in [2.24, 2.45) is 0 Å². The summed E-state index contributed by atoms with van der Waals surface area (Å²) < 4.78 is 67.1. The summed E-state index contributed by atoms with van der Waals surface area (Å²) >= 11 is 0. The number of fused-ring (bicyclic) bond motifs is 1. The summed E-state index contributed by atoms with van der Waals surface area (Å²) in [6.45, 7) is 7.34. The average molecular weight is 338 g/mol. The number of methoxy groups -OCH3 is 1. The van der Waals surface area contributed by atoms with Crippen molar-refractivity contribution < 1.29 is 26.9 Å². The van der Waals surface area contributed by atoms with Crippen molar-refractivity contribution in [3.63, 3.8) is 0 Å². The molecule has 2 aromatic rings. The Hall–Kier alpha value is -1.86. The van der Waals surface area contributed by atoms with Crippen LogP contribution >= 0.6 is 0 Å². The molecule has 2 N–H and O–H groups in total. The average Bonchev–Trinajstić information content (AvgIpc) is 2.70. The number of nitrogens with two attached hydrogens (primary N) is 1. The van der Waals surface area contributed by atoms with Gasteiger partial charge in [0.2, 0.25) is 5.82 Å². The van der Waals surface area contributed by atoms with Gasteiger partial charge in [-0.3, -0.25) is 0 Å². The molecule has 0 unspecified atom stereocenters. The maximum absolute atomic E-state index is 14.5. The smallest absolute Gasteiger partial charge is 0.493 e. The van der Waals surface area contributed by atoms with Gasteiger partial charge in [-0.15, -0.1) is 0 Å². The molecule has 0 atom stereocenters. The van der Waals surface area contributed by atoms with Crippen LogP contribution in [0.5, 0.6) is 5.75 Å². The number of hydrogen-bond donors (Lipinski definition) is 1. The van der Waals surface area contributed by atoms with Crippen molar-refractivity contribution in [3.8, 4) is 5.75 Å². The van der Waals surface area contributed by atoms with E-state index in [9.17, 15) is 8.78 Å². The van der Waals surface area contributed by atoms with Gasteiger partial charge in [0, 0.05) is 11.1 Å².